The number of hydrogen-bond acceptors (Lipinski definition) is 1. The third-order valence-corrected chi connectivity index (χ3v) is 2.96. The second-order valence-corrected chi connectivity index (χ2v) is 3.30. The molecule has 54 valence electrons. The molecule has 1 aromatic heterocycles. The molecule has 0 saturated carbocycles. The van der Waals surface area contributed by atoms with Gasteiger partial charge in [0.05, 0.1) is 5.69 Å². The quantitative estimate of drug-likeness (QED) is 0.599. The Bertz CT molecular complexity index is 265. The Morgan fingerprint density at radius 2 is 2.10 bits per heavy atom. The van der Waals surface area contributed by atoms with Gasteiger partial charge in [0.1, 0.15) is 0 Å². The van der Waals surface area contributed by atoms with E-state index < -0.39 is 0 Å². The van der Waals surface area contributed by atoms with Gasteiger partial charge in [-0.15, -0.1) is 0 Å². The second-order valence-electron chi connectivity index (χ2n) is 2.22. The number of nitrogens with one attached hydrogen (secondary N) is 1. The van der Waals surface area contributed by atoms with Gasteiger partial charge in [-0.05, 0) is 42.0 Å². The van der Waals surface area contributed by atoms with E-state index in [4.69, 9.17) is 0 Å². The first-order valence-corrected chi connectivity index (χ1v) is 4.04. The van der Waals surface area contributed by atoms with Crippen molar-refractivity contribution >= 4 is 28.9 Å². The first-order chi connectivity index (χ1) is 4.66. The molecule has 0 radical (unpaired) electrons. The van der Waals surface area contributed by atoms with Crippen LogP contribution in [0.25, 0.3) is 0 Å². The molecule has 0 aliphatic heterocycles. The van der Waals surface area contributed by atoms with Gasteiger partial charge in [-0.1, -0.05) is 0 Å². The van der Waals surface area contributed by atoms with Crippen molar-refractivity contribution in [1.82, 2.24) is 4.98 Å². The molecule has 0 atom stereocenters. The van der Waals surface area contributed by atoms with Gasteiger partial charge < -0.3 is 4.98 Å². The monoisotopic (exact) mass is 249 g/mol. The lowest BCUT2D eigenvalue weighted by Gasteiger charge is -1.85. The van der Waals surface area contributed by atoms with Crippen molar-refractivity contribution in [3.8, 4) is 0 Å². The SMILES string of the molecule is Cc1[nH]c(C=O)c(I)c1C. The molecule has 0 saturated heterocycles. The van der Waals surface area contributed by atoms with Crippen LogP contribution >= 0.6 is 22.6 Å². The molecular weight excluding hydrogens is 241 g/mol. The molecule has 0 bridgehead atoms. The van der Waals surface area contributed by atoms with Crippen molar-refractivity contribution in [2.45, 2.75) is 13.8 Å². The van der Waals surface area contributed by atoms with E-state index in [1.54, 1.807) is 0 Å². The summed E-state index contributed by atoms with van der Waals surface area (Å²) < 4.78 is 1.03. The van der Waals surface area contributed by atoms with Crippen molar-refractivity contribution < 1.29 is 4.79 Å². The molecule has 1 rings (SSSR count). The summed E-state index contributed by atoms with van der Waals surface area (Å²) in [6.07, 6.45) is 0.849. The Balaban J connectivity index is 3.30. The minimum Gasteiger partial charge on any atom is -0.355 e. The highest BCUT2D eigenvalue weighted by Gasteiger charge is 2.06. The molecule has 0 amide bonds. The smallest absolute Gasteiger partial charge is 0.167 e. The highest BCUT2D eigenvalue weighted by atomic mass is 127. The molecule has 2 nitrogen and oxygen atoms in total. The third-order valence-electron chi connectivity index (χ3n) is 1.57. The van der Waals surface area contributed by atoms with E-state index >= 15 is 0 Å². The van der Waals surface area contributed by atoms with Crippen LogP contribution in [0.5, 0.6) is 0 Å². The van der Waals surface area contributed by atoms with Crippen molar-refractivity contribution in [3.05, 3.63) is 20.5 Å². The van der Waals surface area contributed by atoms with Crippen LogP contribution in [0.4, 0.5) is 0 Å². The van der Waals surface area contributed by atoms with Gasteiger partial charge in [0.2, 0.25) is 0 Å². The van der Waals surface area contributed by atoms with Crippen LogP contribution in [-0.2, 0) is 0 Å². The maximum absolute atomic E-state index is 10.4. The number of H-pyrrole nitrogens is 1. The molecule has 0 unspecified atom stereocenters. The first kappa shape index (κ1) is 7.78. The molecule has 1 N–H and O–H groups in total. The van der Waals surface area contributed by atoms with Crippen LogP contribution in [-0.4, -0.2) is 11.3 Å². The fourth-order valence-electron chi connectivity index (χ4n) is 0.798. The molecule has 0 spiro atoms. The highest BCUT2D eigenvalue weighted by molar-refractivity contribution is 14.1. The Morgan fingerprint density at radius 3 is 2.30 bits per heavy atom. The molecule has 3 heteroatoms. The van der Waals surface area contributed by atoms with Crippen LogP contribution in [0.3, 0.4) is 0 Å². The van der Waals surface area contributed by atoms with Crippen LogP contribution in [0.1, 0.15) is 21.7 Å². The number of carbonyl (C=O) groups is 1. The summed E-state index contributed by atoms with van der Waals surface area (Å²) >= 11 is 2.16. The van der Waals surface area contributed by atoms with E-state index in [-0.39, 0.29) is 0 Å². The van der Waals surface area contributed by atoms with E-state index in [1.165, 1.54) is 5.56 Å². The maximum atomic E-state index is 10.4. The van der Waals surface area contributed by atoms with E-state index in [0.29, 0.717) is 5.69 Å². The topological polar surface area (TPSA) is 32.9 Å². The number of rotatable bonds is 1. The molecule has 10 heavy (non-hydrogen) atoms. The zero-order valence-corrected chi connectivity index (χ0v) is 8.02. The first-order valence-electron chi connectivity index (χ1n) is 2.96. The average Bonchev–Trinajstić information content (AvgIpc) is 2.17. The Morgan fingerprint density at radius 1 is 1.50 bits per heavy atom. The van der Waals surface area contributed by atoms with Gasteiger partial charge in [0, 0.05) is 9.26 Å². The summed E-state index contributed by atoms with van der Waals surface area (Å²) in [4.78, 5) is 13.3. The van der Waals surface area contributed by atoms with Gasteiger partial charge in [-0.25, -0.2) is 0 Å². The number of aldehydes is 1. The third kappa shape index (κ3) is 1.10. The fraction of sp³-hybridized carbons (Fsp3) is 0.286. The molecule has 0 aromatic carbocycles. The van der Waals surface area contributed by atoms with Crippen LogP contribution < -0.4 is 0 Å². The predicted octanol–water partition coefficient (Wildman–Crippen LogP) is 2.05. The predicted molar refractivity (Wildman–Crippen MR) is 48.4 cm³/mol. The molecule has 1 heterocycles. The number of hydrogen-bond donors (Lipinski definition) is 1. The van der Waals surface area contributed by atoms with Crippen molar-refractivity contribution in [2.75, 3.05) is 0 Å². The highest BCUT2D eigenvalue weighted by Crippen LogP contribution is 2.17. The van der Waals surface area contributed by atoms with Gasteiger partial charge in [-0.2, -0.15) is 0 Å². The van der Waals surface area contributed by atoms with Gasteiger partial charge >= 0.3 is 0 Å². The molecule has 1 aromatic rings. The number of carbonyl (C=O) groups excluding carboxylic acids is 1. The lowest BCUT2D eigenvalue weighted by atomic mass is 10.3. The summed E-state index contributed by atoms with van der Waals surface area (Å²) in [5.41, 5.74) is 2.94. The van der Waals surface area contributed by atoms with E-state index in [0.717, 1.165) is 15.6 Å². The summed E-state index contributed by atoms with van der Waals surface area (Å²) in [5.74, 6) is 0. The summed E-state index contributed by atoms with van der Waals surface area (Å²) in [6.45, 7) is 3.96. The zero-order chi connectivity index (χ0) is 7.72. The fourth-order valence-corrected chi connectivity index (χ4v) is 1.46. The Hall–Kier alpha value is -0.320. The standard InChI is InChI=1S/C7H8INO/c1-4-5(2)9-6(3-10)7(4)8/h3,9H,1-2H3. The number of halogens is 1. The molecule has 0 fully saturated rings. The number of aromatic nitrogens is 1. The summed E-state index contributed by atoms with van der Waals surface area (Å²) in [5, 5.41) is 0. The van der Waals surface area contributed by atoms with Gasteiger partial charge in [0.15, 0.2) is 6.29 Å². The minimum absolute atomic E-state index is 0.690. The normalized spacial score (nSPS) is 9.90. The molecular formula is C7H8INO. The Labute approximate surface area is 73.2 Å². The average molecular weight is 249 g/mol. The summed E-state index contributed by atoms with van der Waals surface area (Å²) in [7, 11) is 0. The van der Waals surface area contributed by atoms with Crippen LogP contribution in [0.15, 0.2) is 0 Å². The minimum atomic E-state index is 0.690. The maximum Gasteiger partial charge on any atom is 0.167 e. The zero-order valence-electron chi connectivity index (χ0n) is 5.86. The second kappa shape index (κ2) is 2.74. The van der Waals surface area contributed by atoms with Crippen molar-refractivity contribution in [3.63, 3.8) is 0 Å². The molecule has 0 aliphatic carbocycles. The Kier molecular flexibility index (Phi) is 2.13. The largest absolute Gasteiger partial charge is 0.355 e. The van der Waals surface area contributed by atoms with E-state index in [2.05, 4.69) is 27.6 Å². The lowest BCUT2D eigenvalue weighted by molar-refractivity contribution is 0.111. The van der Waals surface area contributed by atoms with Crippen molar-refractivity contribution in [1.29, 1.82) is 0 Å². The van der Waals surface area contributed by atoms with Gasteiger partial charge in [-0.3, -0.25) is 4.79 Å². The van der Waals surface area contributed by atoms with E-state index in [1.807, 2.05) is 13.8 Å². The molecule has 0 aliphatic rings. The van der Waals surface area contributed by atoms with Crippen LogP contribution in [0, 0.1) is 17.4 Å². The number of aromatic amines is 1. The van der Waals surface area contributed by atoms with Gasteiger partial charge in [0.25, 0.3) is 0 Å². The lowest BCUT2D eigenvalue weighted by Crippen LogP contribution is -1.80. The van der Waals surface area contributed by atoms with Crippen molar-refractivity contribution in [2.24, 2.45) is 0 Å². The van der Waals surface area contributed by atoms with Crippen LogP contribution in [0.2, 0.25) is 0 Å². The number of aryl methyl sites for hydroxylation is 1. The summed E-state index contributed by atoms with van der Waals surface area (Å²) in [6, 6.07) is 0. The van der Waals surface area contributed by atoms with E-state index in [9.17, 15) is 4.79 Å².